The summed E-state index contributed by atoms with van der Waals surface area (Å²) >= 11 is 0. The number of ether oxygens (including phenoxy) is 3. The SMILES string of the molecule is CCCOc1ccc(C2(CN)OCCO2)cc1. The Morgan fingerprint density at radius 3 is 2.41 bits per heavy atom. The zero-order valence-corrected chi connectivity index (χ0v) is 10.1. The van der Waals surface area contributed by atoms with Gasteiger partial charge in [0.15, 0.2) is 0 Å². The molecule has 1 aromatic carbocycles. The van der Waals surface area contributed by atoms with Crippen molar-refractivity contribution in [3.63, 3.8) is 0 Å². The molecule has 1 fully saturated rings. The highest BCUT2D eigenvalue weighted by molar-refractivity contribution is 5.30. The highest BCUT2D eigenvalue weighted by Gasteiger charge is 2.37. The van der Waals surface area contributed by atoms with Gasteiger partial charge in [-0.15, -0.1) is 0 Å². The summed E-state index contributed by atoms with van der Waals surface area (Å²) in [5.41, 5.74) is 6.68. The van der Waals surface area contributed by atoms with E-state index < -0.39 is 5.79 Å². The van der Waals surface area contributed by atoms with Crippen molar-refractivity contribution in [3.8, 4) is 5.75 Å². The Hall–Kier alpha value is -1.10. The van der Waals surface area contributed by atoms with Gasteiger partial charge in [-0.3, -0.25) is 0 Å². The van der Waals surface area contributed by atoms with E-state index in [1.807, 2.05) is 24.3 Å². The molecule has 17 heavy (non-hydrogen) atoms. The molecular formula is C13H19NO3. The lowest BCUT2D eigenvalue weighted by Crippen LogP contribution is -2.36. The fraction of sp³-hybridized carbons (Fsp3) is 0.538. The van der Waals surface area contributed by atoms with Gasteiger partial charge in [0.05, 0.1) is 26.4 Å². The van der Waals surface area contributed by atoms with E-state index in [1.165, 1.54) is 0 Å². The van der Waals surface area contributed by atoms with Gasteiger partial charge in [0.2, 0.25) is 5.79 Å². The van der Waals surface area contributed by atoms with Crippen LogP contribution in [0.15, 0.2) is 24.3 Å². The van der Waals surface area contributed by atoms with E-state index in [-0.39, 0.29) is 0 Å². The van der Waals surface area contributed by atoms with Crippen LogP contribution in [-0.2, 0) is 15.3 Å². The van der Waals surface area contributed by atoms with Crippen molar-refractivity contribution in [2.75, 3.05) is 26.4 Å². The first-order chi connectivity index (χ1) is 8.30. The Morgan fingerprint density at radius 2 is 1.88 bits per heavy atom. The Bertz CT molecular complexity index is 344. The van der Waals surface area contributed by atoms with Crippen molar-refractivity contribution in [1.29, 1.82) is 0 Å². The average Bonchev–Trinajstić information content (AvgIpc) is 2.87. The van der Waals surface area contributed by atoms with Crippen molar-refractivity contribution < 1.29 is 14.2 Å². The third kappa shape index (κ3) is 2.60. The number of hydrogen-bond donors (Lipinski definition) is 1. The fourth-order valence-corrected chi connectivity index (χ4v) is 1.88. The van der Waals surface area contributed by atoms with Crippen molar-refractivity contribution in [3.05, 3.63) is 29.8 Å². The first kappa shape index (κ1) is 12.4. The Morgan fingerprint density at radius 1 is 1.24 bits per heavy atom. The summed E-state index contributed by atoms with van der Waals surface area (Å²) in [6, 6.07) is 7.74. The molecule has 0 bridgehead atoms. The second-order valence-electron chi connectivity index (χ2n) is 4.03. The maximum absolute atomic E-state index is 5.74. The molecule has 0 unspecified atom stereocenters. The molecule has 4 nitrogen and oxygen atoms in total. The van der Waals surface area contributed by atoms with Crippen LogP contribution in [0, 0.1) is 0 Å². The normalized spacial score (nSPS) is 18.2. The molecule has 0 aromatic heterocycles. The minimum Gasteiger partial charge on any atom is -0.494 e. The van der Waals surface area contributed by atoms with Crippen LogP contribution in [0.3, 0.4) is 0 Å². The van der Waals surface area contributed by atoms with Crippen LogP contribution in [0.1, 0.15) is 18.9 Å². The van der Waals surface area contributed by atoms with Gasteiger partial charge in [0, 0.05) is 5.56 Å². The molecule has 0 radical (unpaired) electrons. The zero-order chi connectivity index (χ0) is 12.1. The smallest absolute Gasteiger partial charge is 0.207 e. The largest absolute Gasteiger partial charge is 0.494 e. The van der Waals surface area contributed by atoms with E-state index in [0.29, 0.717) is 19.8 Å². The Labute approximate surface area is 102 Å². The predicted octanol–water partition coefficient (Wildman–Crippen LogP) is 1.63. The summed E-state index contributed by atoms with van der Waals surface area (Å²) in [4.78, 5) is 0. The topological polar surface area (TPSA) is 53.7 Å². The first-order valence-corrected chi connectivity index (χ1v) is 6.02. The number of hydrogen-bond acceptors (Lipinski definition) is 4. The zero-order valence-electron chi connectivity index (χ0n) is 10.1. The molecule has 94 valence electrons. The minimum absolute atomic E-state index is 0.322. The third-order valence-electron chi connectivity index (χ3n) is 2.79. The van der Waals surface area contributed by atoms with Gasteiger partial charge in [0.25, 0.3) is 0 Å². The molecule has 2 rings (SSSR count). The highest BCUT2D eigenvalue weighted by Crippen LogP contribution is 2.31. The van der Waals surface area contributed by atoms with E-state index in [1.54, 1.807) is 0 Å². The van der Waals surface area contributed by atoms with Crippen LogP contribution in [0.2, 0.25) is 0 Å². The molecule has 1 heterocycles. The lowest BCUT2D eigenvalue weighted by Gasteiger charge is -2.26. The number of rotatable bonds is 5. The van der Waals surface area contributed by atoms with Crippen LogP contribution in [0.5, 0.6) is 5.75 Å². The van der Waals surface area contributed by atoms with Gasteiger partial charge >= 0.3 is 0 Å². The van der Waals surface area contributed by atoms with Crippen molar-refractivity contribution >= 4 is 0 Å². The van der Waals surface area contributed by atoms with Gasteiger partial charge in [-0.2, -0.15) is 0 Å². The summed E-state index contributed by atoms with van der Waals surface area (Å²) in [6.07, 6.45) is 1.00. The van der Waals surface area contributed by atoms with Crippen molar-refractivity contribution in [2.24, 2.45) is 5.73 Å². The quantitative estimate of drug-likeness (QED) is 0.845. The number of nitrogens with two attached hydrogens (primary N) is 1. The molecule has 0 amide bonds. The van der Waals surface area contributed by atoms with Gasteiger partial charge in [-0.25, -0.2) is 0 Å². The molecule has 0 atom stereocenters. The van der Waals surface area contributed by atoms with Crippen molar-refractivity contribution in [2.45, 2.75) is 19.1 Å². The summed E-state index contributed by atoms with van der Waals surface area (Å²) in [7, 11) is 0. The maximum Gasteiger partial charge on any atom is 0.207 e. The molecule has 1 aliphatic heterocycles. The second-order valence-corrected chi connectivity index (χ2v) is 4.03. The molecule has 4 heteroatoms. The second kappa shape index (κ2) is 5.49. The Kier molecular flexibility index (Phi) is 3.99. The van der Waals surface area contributed by atoms with Gasteiger partial charge in [-0.05, 0) is 30.7 Å². The van der Waals surface area contributed by atoms with E-state index in [0.717, 1.165) is 24.3 Å². The summed E-state index contributed by atoms with van der Waals surface area (Å²) in [6.45, 7) is 4.31. The predicted molar refractivity (Wildman–Crippen MR) is 64.9 cm³/mol. The average molecular weight is 237 g/mol. The molecule has 0 aliphatic carbocycles. The minimum atomic E-state index is -0.761. The van der Waals surface area contributed by atoms with Crippen LogP contribution in [-0.4, -0.2) is 26.4 Å². The molecular weight excluding hydrogens is 218 g/mol. The molecule has 1 aromatic rings. The van der Waals surface area contributed by atoms with Crippen LogP contribution < -0.4 is 10.5 Å². The van der Waals surface area contributed by atoms with Gasteiger partial charge < -0.3 is 19.9 Å². The fourth-order valence-electron chi connectivity index (χ4n) is 1.88. The van der Waals surface area contributed by atoms with E-state index >= 15 is 0 Å². The summed E-state index contributed by atoms with van der Waals surface area (Å²) < 4.78 is 16.7. The highest BCUT2D eigenvalue weighted by atomic mass is 16.7. The van der Waals surface area contributed by atoms with Crippen molar-refractivity contribution in [1.82, 2.24) is 0 Å². The van der Waals surface area contributed by atoms with Gasteiger partial charge in [0.1, 0.15) is 5.75 Å². The number of benzene rings is 1. The lowest BCUT2D eigenvalue weighted by atomic mass is 10.1. The van der Waals surface area contributed by atoms with E-state index in [2.05, 4.69) is 6.92 Å². The maximum atomic E-state index is 5.74. The third-order valence-corrected chi connectivity index (χ3v) is 2.79. The van der Waals surface area contributed by atoms with Crippen LogP contribution in [0.25, 0.3) is 0 Å². The van der Waals surface area contributed by atoms with E-state index in [9.17, 15) is 0 Å². The lowest BCUT2D eigenvalue weighted by molar-refractivity contribution is -0.156. The molecule has 0 spiro atoms. The van der Waals surface area contributed by atoms with Crippen LogP contribution in [0.4, 0.5) is 0 Å². The monoisotopic (exact) mass is 237 g/mol. The molecule has 1 aliphatic rings. The first-order valence-electron chi connectivity index (χ1n) is 6.02. The molecule has 0 saturated carbocycles. The van der Waals surface area contributed by atoms with Gasteiger partial charge in [-0.1, -0.05) is 6.92 Å². The Balaban J connectivity index is 2.11. The van der Waals surface area contributed by atoms with E-state index in [4.69, 9.17) is 19.9 Å². The summed E-state index contributed by atoms with van der Waals surface area (Å²) in [5.74, 6) is 0.101. The standard InChI is InChI=1S/C13H19NO3/c1-2-7-15-12-5-3-11(4-6-12)13(10-14)16-8-9-17-13/h3-6H,2,7-10,14H2,1H3. The molecule has 1 saturated heterocycles. The summed E-state index contributed by atoms with van der Waals surface area (Å²) in [5, 5.41) is 0. The van der Waals surface area contributed by atoms with Crippen LogP contribution >= 0.6 is 0 Å². The molecule has 2 N–H and O–H groups in total.